The van der Waals surface area contributed by atoms with E-state index in [9.17, 15) is 9.90 Å². The summed E-state index contributed by atoms with van der Waals surface area (Å²) < 4.78 is 5.72. The number of rotatable bonds is 6. The first-order valence-corrected chi connectivity index (χ1v) is 8.51. The molecule has 1 saturated carbocycles. The van der Waals surface area contributed by atoms with Crippen molar-refractivity contribution in [2.24, 2.45) is 5.92 Å². The molecule has 0 aliphatic heterocycles. The Bertz CT molecular complexity index is 444. The summed E-state index contributed by atoms with van der Waals surface area (Å²) in [6, 6.07) is 3.76. The molecule has 1 amide bonds. The van der Waals surface area contributed by atoms with Crippen LogP contribution in [0.3, 0.4) is 0 Å². The van der Waals surface area contributed by atoms with E-state index in [1.54, 1.807) is 6.92 Å². The first-order valence-electron chi connectivity index (χ1n) is 7.64. The molecular formula is C16H25NO3S. The average Bonchev–Trinajstić information content (AvgIpc) is 2.99. The molecule has 4 nitrogen and oxygen atoms in total. The Morgan fingerprint density at radius 1 is 1.52 bits per heavy atom. The van der Waals surface area contributed by atoms with E-state index in [4.69, 9.17) is 4.74 Å². The van der Waals surface area contributed by atoms with Crippen LogP contribution in [0.15, 0.2) is 17.5 Å². The fraction of sp³-hybridized carbons (Fsp3) is 0.688. The topological polar surface area (TPSA) is 58.6 Å². The lowest BCUT2D eigenvalue weighted by atomic mass is 9.88. The van der Waals surface area contributed by atoms with Crippen molar-refractivity contribution < 1.29 is 14.6 Å². The molecule has 1 aliphatic rings. The predicted octanol–water partition coefficient (Wildman–Crippen LogP) is 2.67. The van der Waals surface area contributed by atoms with Gasteiger partial charge in [0.2, 0.25) is 5.91 Å². The Morgan fingerprint density at radius 2 is 2.29 bits per heavy atom. The molecule has 5 heteroatoms. The van der Waals surface area contributed by atoms with E-state index in [2.05, 4.69) is 12.2 Å². The molecule has 1 aliphatic carbocycles. The van der Waals surface area contributed by atoms with Gasteiger partial charge < -0.3 is 15.2 Å². The van der Waals surface area contributed by atoms with Gasteiger partial charge in [0.25, 0.3) is 0 Å². The van der Waals surface area contributed by atoms with Gasteiger partial charge in [-0.05, 0) is 37.1 Å². The van der Waals surface area contributed by atoms with E-state index >= 15 is 0 Å². The number of amides is 1. The largest absolute Gasteiger partial charge is 0.383 e. The van der Waals surface area contributed by atoms with Crippen LogP contribution >= 0.6 is 11.3 Å². The zero-order valence-electron chi connectivity index (χ0n) is 12.8. The normalized spacial score (nSPS) is 25.3. The third kappa shape index (κ3) is 4.80. The van der Waals surface area contributed by atoms with Crippen LogP contribution in [-0.2, 0) is 15.1 Å². The number of hydrogen-bond acceptors (Lipinski definition) is 4. The summed E-state index contributed by atoms with van der Waals surface area (Å²) in [6.07, 6.45) is 4.86. The van der Waals surface area contributed by atoms with Crippen molar-refractivity contribution in [1.82, 2.24) is 5.32 Å². The maximum Gasteiger partial charge on any atom is 0.246 e. The van der Waals surface area contributed by atoms with Crippen LogP contribution in [0.2, 0.25) is 0 Å². The zero-order valence-corrected chi connectivity index (χ0v) is 13.6. The molecule has 0 aromatic carbocycles. The van der Waals surface area contributed by atoms with Crippen LogP contribution in [0, 0.1) is 5.92 Å². The summed E-state index contributed by atoms with van der Waals surface area (Å²) in [7, 11) is 0. The molecular weight excluding hydrogens is 286 g/mol. The van der Waals surface area contributed by atoms with E-state index < -0.39 is 5.60 Å². The van der Waals surface area contributed by atoms with Crippen molar-refractivity contribution in [1.29, 1.82) is 0 Å². The summed E-state index contributed by atoms with van der Waals surface area (Å²) in [5.41, 5.74) is -1.03. The highest BCUT2D eigenvalue weighted by Gasteiger charge is 2.26. The van der Waals surface area contributed by atoms with Gasteiger partial charge in [0.05, 0.1) is 12.6 Å². The second-order valence-electron chi connectivity index (χ2n) is 6.14. The number of thiophene rings is 1. The molecule has 0 radical (unpaired) electrons. The van der Waals surface area contributed by atoms with Crippen LogP contribution in [0.1, 0.15) is 44.4 Å². The molecule has 1 heterocycles. The van der Waals surface area contributed by atoms with Gasteiger partial charge in [-0.25, -0.2) is 0 Å². The van der Waals surface area contributed by atoms with Gasteiger partial charge in [-0.2, -0.15) is 0 Å². The molecule has 3 unspecified atom stereocenters. The van der Waals surface area contributed by atoms with Crippen LogP contribution in [0.5, 0.6) is 0 Å². The first-order chi connectivity index (χ1) is 9.99. The van der Waals surface area contributed by atoms with Gasteiger partial charge in [0.1, 0.15) is 12.2 Å². The highest BCUT2D eigenvalue weighted by atomic mass is 32.1. The van der Waals surface area contributed by atoms with E-state index in [0.29, 0.717) is 5.92 Å². The number of hydrogen-bond donors (Lipinski definition) is 2. The second kappa shape index (κ2) is 7.38. The number of ether oxygens (including phenoxy) is 1. The summed E-state index contributed by atoms with van der Waals surface area (Å²) in [5.74, 6) is 0.366. The van der Waals surface area contributed by atoms with Crippen molar-refractivity contribution >= 4 is 17.2 Å². The molecule has 0 saturated heterocycles. The molecule has 21 heavy (non-hydrogen) atoms. The van der Waals surface area contributed by atoms with Crippen molar-refractivity contribution in [3.8, 4) is 0 Å². The predicted molar refractivity (Wildman–Crippen MR) is 84.3 cm³/mol. The van der Waals surface area contributed by atoms with Gasteiger partial charge in [-0.3, -0.25) is 4.79 Å². The van der Waals surface area contributed by atoms with E-state index in [1.165, 1.54) is 30.6 Å². The Balaban J connectivity index is 1.72. The molecule has 1 aromatic rings. The van der Waals surface area contributed by atoms with Crippen LogP contribution in [0.25, 0.3) is 0 Å². The highest BCUT2D eigenvalue weighted by molar-refractivity contribution is 7.10. The Kier molecular flexibility index (Phi) is 5.79. The Morgan fingerprint density at radius 3 is 2.95 bits per heavy atom. The third-order valence-corrected chi connectivity index (χ3v) is 5.27. The first kappa shape index (κ1) is 16.5. The minimum absolute atomic E-state index is 0.0789. The zero-order chi connectivity index (χ0) is 15.3. The van der Waals surface area contributed by atoms with Crippen LogP contribution in [-0.4, -0.2) is 30.3 Å². The average molecular weight is 311 g/mol. The standard InChI is InChI=1S/C16H25NO3S/c1-12-6-3-4-7-13(12)20-10-15(18)17-11-16(2,19)14-8-5-9-21-14/h5,8-9,12-13,19H,3-4,6-7,10-11H2,1-2H3,(H,17,18). The molecule has 118 valence electrons. The maximum absolute atomic E-state index is 11.9. The summed E-state index contributed by atoms with van der Waals surface area (Å²) >= 11 is 1.49. The van der Waals surface area contributed by atoms with Crippen LogP contribution in [0.4, 0.5) is 0 Å². The smallest absolute Gasteiger partial charge is 0.246 e. The van der Waals surface area contributed by atoms with Crippen LogP contribution < -0.4 is 5.32 Å². The van der Waals surface area contributed by atoms with Crippen molar-refractivity contribution in [2.75, 3.05) is 13.2 Å². The molecule has 0 bridgehead atoms. The fourth-order valence-corrected chi connectivity index (χ4v) is 3.49. The van der Waals surface area contributed by atoms with E-state index in [-0.39, 0.29) is 25.2 Å². The molecule has 1 aromatic heterocycles. The number of aliphatic hydroxyl groups is 1. The monoisotopic (exact) mass is 311 g/mol. The summed E-state index contributed by atoms with van der Waals surface area (Å²) in [4.78, 5) is 12.7. The van der Waals surface area contributed by atoms with Crippen molar-refractivity contribution in [2.45, 2.75) is 51.2 Å². The SMILES string of the molecule is CC1CCCCC1OCC(=O)NCC(C)(O)c1cccs1. The molecule has 0 spiro atoms. The minimum atomic E-state index is -1.03. The molecule has 3 atom stereocenters. The summed E-state index contributed by atoms with van der Waals surface area (Å²) in [5, 5.41) is 15.0. The third-order valence-electron chi connectivity index (χ3n) is 4.14. The Hall–Kier alpha value is -0.910. The number of carbonyl (C=O) groups is 1. The minimum Gasteiger partial charge on any atom is -0.383 e. The summed E-state index contributed by atoms with van der Waals surface area (Å²) in [6.45, 7) is 4.18. The highest BCUT2D eigenvalue weighted by Crippen LogP contribution is 2.26. The van der Waals surface area contributed by atoms with Gasteiger partial charge >= 0.3 is 0 Å². The molecule has 2 rings (SSSR count). The number of carbonyl (C=O) groups excluding carboxylic acids is 1. The Labute approximate surface area is 130 Å². The quantitative estimate of drug-likeness (QED) is 0.849. The van der Waals surface area contributed by atoms with Gasteiger partial charge in [0, 0.05) is 4.88 Å². The lowest BCUT2D eigenvalue weighted by Crippen LogP contribution is -2.40. The molecule has 1 fully saturated rings. The van der Waals surface area contributed by atoms with E-state index in [0.717, 1.165) is 11.3 Å². The second-order valence-corrected chi connectivity index (χ2v) is 7.09. The van der Waals surface area contributed by atoms with Crippen molar-refractivity contribution in [3.63, 3.8) is 0 Å². The van der Waals surface area contributed by atoms with Gasteiger partial charge in [-0.1, -0.05) is 25.8 Å². The van der Waals surface area contributed by atoms with Gasteiger partial charge in [-0.15, -0.1) is 11.3 Å². The lowest BCUT2D eigenvalue weighted by Gasteiger charge is -2.28. The lowest BCUT2D eigenvalue weighted by molar-refractivity contribution is -0.130. The fourth-order valence-electron chi connectivity index (χ4n) is 2.71. The maximum atomic E-state index is 11.9. The molecule has 2 N–H and O–H groups in total. The number of nitrogens with one attached hydrogen (secondary N) is 1. The van der Waals surface area contributed by atoms with E-state index in [1.807, 2.05) is 17.5 Å². The van der Waals surface area contributed by atoms with Crippen molar-refractivity contribution in [3.05, 3.63) is 22.4 Å². The van der Waals surface area contributed by atoms with Gasteiger partial charge in [0.15, 0.2) is 0 Å².